The van der Waals surface area contributed by atoms with E-state index in [0.29, 0.717) is 10.6 Å². The van der Waals surface area contributed by atoms with Crippen molar-refractivity contribution in [2.45, 2.75) is 39.3 Å². The van der Waals surface area contributed by atoms with Crippen molar-refractivity contribution in [2.75, 3.05) is 12.4 Å². The summed E-state index contributed by atoms with van der Waals surface area (Å²) >= 11 is 5.84. The van der Waals surface area contributed by atoms with Gasteiger partial charge in [-0.05, 0) is 45.4 Å². The smallest absolute Gasteiger partial charge is 0.408 e. The molecular weight excluding hydrogens is 342 g/mol. The van der Waals surface area contributed by atoms with Crippen LogP contribution in [0.4, 0.5) is 4.79 Å². The maximum absolute atomic E-state index is 11.9. The van der Waals surface area contributed by atoms with Crippen LogP contribution in [0.2, 0.25) is 5.02 Å². The number of nitrogens with one attached hydrogen (secondary N) is 1. The molecule has 0 aliphatic heterocycles. The van der Waals surface area contributed by atoms with E-state index in [2.05, 4.69) is 5.32 Å². The van der Waals surface area contributed by atoms with Gasteiger partial charge in [0.25, 0.3) is 10.1 Å². The van der Waals surface area contributed by atoms with Crippen molar-refractivity contribution < 1.29 is 22.1 Å². The number of benzene rings is 1. The molecule has 0 fully saturated rings. The van der Waals surface area contributed by atoms with E-state index in [1.54, 1.807) is 45.0 Å². The highest BCUT2D eigenvalue weighted by Gasteiger charge is 2.22. The van der Waals surface area contributed by atoms with Crippen molar-refractivity contribution >= 4 is 27.8 Å². The van der Waals surface area contributed by atoms with E-state index in [4.69, 9.17) is 20.5 Å². The second-order valence-corrected chi connectivity index (χ2v) is 8.25. The van der Waals surface area contributed by atoms with Crippen LogP contribution in [0.25, 0.3) is 0 Å². The van der Waals surface area contributed by atoms with E-state index in [-0.39, 0.29) is 12.4 Å². The van der Waals surface area contributed by atoms with Crippen LogP contribution in [-0.2, 0) is 19.0 Å². The van der Waals surface area contributed by atoms with E-state index in [1.807, 2.05) is 0 Å². The average molecular weight is 364 g/mol. The molecule has 0 aliphatic rings. The molecule has 1 aromatic carbocycles. The first-order valence-corrected chi connectivity index (χ1v) is 9.10. The zero-order valence-electron chi connectivity index (χ0n) is 13.6. The maximum atomic E-state index is 11.9. The molecule has 0 radical (unpaired) electrons. The minimum atomic E-state index is -3.62. The lowest BCUT2D eigenvalue weighted by molar-refractivity contribution is 0.0487. The van der Waals surface area contributed by atoms with Crippen molar-refractivity contribution in [3.05, 3.63) is 34.9 Å². The molecule has 6 nitrogen and oxygen atoms in total. The van der Waals surface area contributed by atoms with Gasteiger partial charge in [0, 0.05) is 5.02 Å². The minimum absolute atomic E-state index is 0.146. The van der Waals surface area contributed by atoms with Gasteiger partial charge in [0.1, 0.15) is 5.60 Å². The largest absolute Gasteiger partial charge is 0.444 e. The number of ether oxygens (including phenoxy) is 1. The zero-order valence-corrected chi connectivity index (χ0v) is 15.2. The highest BCUT2D eigenvalue weighted by atomic mass is 35.5. The third kappa shape index (κ3) is 7.67. The number of hydrogen-bond acceptors (Lipinski definition) is 5. The second kappa shape index (κ2) is 7.99. The molecule has 1 unspecified atom stereocenters. The van der Waals surface area contributed by atoms with Crippen LogP contribution in [0.5, 0.6) is 0 Å². The summed E-state index contributed by atoms with van der Waals surface area (Å²) in [6.07, 6.45) is -0.657. The fourth-order valence-electron chi connectivity index (χ4n) is 1.62. The summed E-state index contributed by atoms with van der Waals surface area (Å²) < 4.78 is 33.1. The summed E-state index contributed by atoms with van der Waals surface area (Å²) in [4.78, 5) is 11.9. The Labute approximate surface area is 142 Å². The van der Waals surface area contributed by atoms with Gasteiger partial charge in [0.05, 0.1) is 18.4 Å². The topological polar surface area (TPSA) is 81.7 Å². The van der Waals surface area contributed by atoms with E-state index in [9.17, 15) is 13.2 Å². The number of alkyl carbamates (subject to hydrolysis) is 1. The number of hydrogen-bond donors (Lipinski definition) is 1. The van der Waals surface area contributed by atoms with Crippen LogP contribution in [-0.4, -0.2) is 32.5 Å². The molecule has 1 N–H and O–H groups in total. The van der Waals surface area contributed by atoms with E-state index >= 15 is 0 Å². The monoisotopic (exact) mass is 363 g/mol. The molecule has 0 heterocycles. The first-order valence-electron chi connectivity index (χ1n) is 7.14. The van der Waals surface area contributed by atoms with Crippen LogP contribution in [0.15, 0.2) is 24.3 Å². The molecule has 130 valence electrons. The highest BCUT2D eigenvalue weighted by Crippen LogP contribution is 2.19. The van der Waals surface area contributed by atoms with Crippen molar-refractivity contribution in [3.63, 3.8) is 0 Å². The molecule has 1 rings (SSSR count). The SMILES string of the molecule is CCS(=O)(=O)OCC(NC(=O)OC(C)(C)C)c1ccc(Cl)cc1. The van der Waals surface area contributed by atoms with Crippen LogP contribution >= 0.6 is 11.6 Å². The fraction of sp³-hybridized carbons (Fsp3) is 0.533. The molecule has 0 saturated heterocycles. The van der Waals surface area contributed by atoms with Crippen molar-refractivity contribution in [1.82, 2.24) is 5.32 Å². The van der Waals surface area contributed by atoms with Gasteiger partial charge < -0.3 is 10.1 Å². The Hall–Kier alpha value is -1.31. The number of amides is 1. The minimum Gasteiger partial charge on any atom is -0.444 e. The molecule has 1 atom stereocenters. The van der Waals surface area contributed by atoms with Gasteiger partial charge in [-0.15, -0.1) is 0 Å². The first-order chi connectivity index (χ1) is 10.5. The first kappa shape index (κ1) is 19.7. The Morgan fingerprint density at radius 1 is 1.26 bits per heavy atom. The number of carbonyl (C=O) groups is 1. The van der Waals surface area contributed by atoms with Crippen LogP contribution in [0.3, 0.4) is 0 Å². The van der Waals surface area contributed by atoms with E-state index < -0.39 is 27.9 Å². The predicted octanol–water partition coefficient (Wildman–Crippen LogP) is 3.27. The standard InChI is InChI=1S/C15H22ClNO5S/c1-5-23(19,20)21-10-13(11-6-8-12(16)9-7-11)17-14(18)22-15(2,3)4/h6-9,13H,5,10H2,1-4H3,(H,17,18). The predicted molar refractivity (Wildman–Crippen MR) is 89.0 cm³/mol. The summed E-state index contributed by atoms with van der Waals surface area (Å²) in [5.74, 6) is -0.146. The normalized spacial score (nSPS) is 13.4. The Balaban J connectivity index is 2.88. The zero-order chi connectivity index (χ0) is 17.7. The highest BCUT2D eigenvalue weighted by molar-refractivity contribution is 7.86. The summed E-state index contributed by atoms with van der Waals surface area (Å²) in [7, 11) is -3.62. The van der Waals surface area contributed by atoms with Gasteiger partial charge >= 0.3 is 6.09 Å². The van der Waals surface area contributed by atoms with Crippen LogP contribution < -0.4 is 5.32 Å². The van der Waals surface area contributed by atoms with Gasteiger partial charge in [-0.3, -0.25) is 4.18 Å². The molecule has 8 heteroatoms. The molecule has 0 aromatic heterocycles. The Kier molecular flexibility index (Phi) is 6.85. The van der Waals surface area contributed by atoms with Gasteiger partial charge in [-0.2, -0.15) is 8.42 Å². The Morgan fingerprint density at radius 3 is 2.30 bits per heavy atom. The third-order valence-corrected chi connectivity index (χ3v) is 4.19. The lowest BCUT2D eigenvalue weighted by Crippen LogP contribution is -2.37. The van der Waals surface area contributed by atoms with Gasteiger partial charge in [0.2, 0.25) is 0 Å². The van der Waals surface area contributed by atoms with Crippen LogP contribution in [0.1, 0.15) is 39.3 Å². The Bertz CT molecular complexity index is 622. The van der Waals surface area contributed by atoms with Gasteiger partial charge in [-0.1, -0.05) is 23.7 Å². The molecule has 23 heavy (non-hydrogen) atoms. The fourth-order valence-corrected chi connectivity index (χ4v) is 2.26. The molecule has 0 saturated carbocycles. The van der Waals surface area contributed by atoms with Gasteiger partial charge in [-0.25, -0.2) is 4.79 Å². The number of rotatable bonds is 6. The maximum Gasteiger partial charge on any atom is 0.408 e. The summed E-state index contributed by atoms with van der Waals surface area (Å²) in [6.45, 7) is 6.47. The quantitative estimate of drug-likeness (QED) is 0.784. The summed E-state index contributed by atoms with van der Waals surface area (Å²) in [5.41, 5.74) is -0.00287. The third-order valence-electron chi connectivity index (χ3n) is 2.73. The van der Waals surface area contributed by atoms with Crippen LogP contribution in [0, 0.1) is 0 Å². The van der Waals surface area contributed by atoms with E-state index in [1.165, 1.54) is 6.92 Å². The average Bonchev–Trinajstić information content (AvgIpc) is 2.42. The molecule has 0 bridgehead atoms. The summed E-state index contributed by atoms with van der Waals surface area (Å²) in [6, 6.07) is 5.99. The molecule has 1 amide bonds. The van der Waals surface area contributed by atoms with E-state index in [0.717, 1.165) is 0 Å². The number of carbonyl (C=O) groups excluding carboxylic acids is 1. The number of halogens is 1. The van der Waals surface area contributed by atoms with Crippen molar-refractivity contribution in [1.29, 1.82) is 0 Å². The van der Waals surface area contributed by atoms with Crippen molar-refractivity contribution in [2.24, 2.45) is 0 Å². The van der Waals surface area contributed by atoms with Crippen molar-refractivity contribution in [3.8, 4) is 0 Å². The lowest BCUT2D eigenvalue weighted by atomic mass is 10.1. The second-order valence-electron chi connectivity index (χ2n) is 5.88. The molecule has 0 spiro atoms. The summed E-state index contributed by atoms with van der Waals surface area (Å²) in [5, 5.41) is 3.15. The molecule has 1 aromatic rings. The Morgan fingerprint density at radius 2 is 1.83 bits per heavy atom. The van der Waals surface area contributed by atoms with Gasteiger partial charge in [0.15, 0.2) is 0 Å². The molecular formula is C15H22ClNO5S. The molecule has 0 aliphatic carbocycles. The lowest BCUT2D eigenvalue weighted by Gasteiger charge is -2.23.